The summed E-state index contributed by atoms with van der Waals surface area (Å²) in [5.41, 5.74) is 5.24. The number of para-hydroxylation sites is 2. The maximum absolute atomic E-state index is 12.8. The summed E-state index contributed by atoms with van der Waals surface area (Å²) in [5, 5.41) is 15.4. The van der Waals surface area contributed by atoms with Gasteiger partial charge in [0.1, 0.15) is 0 Å². The Morgan fingerprint density at radius 1 is 0.920 bits per heavy atom. The Balaban J connectivity index is 1.10. The molecule has 6 rings (SSSR count). The van der Waals surface area contributed by atoms with Crippen LogP contribution in [0.2, 0.25) is 0 Å². The van der Waals surface area contributed by atoms with Crippen molar-refractivity contribution in [1.82, 2.24) is 19.8 Å². The van der Waals surface area contributed by atoms with Crippen molar-refractivity contribution in [3.8, 4) is 0 Å². The Morgan fingerprint density at radius 2 is 1.64 bits per heavy atom. The molecule has 2 aliphatic rings. The van der Waals surface area contributed by atoms with Gasteiger partial charge in [-0.1, -0.05) is 61.9 Å². The number of fused-ring (bicyclic) bond motifs is 1. The van der Waals surface area contributed by atoms with Gasteiger partial charge in [-0.15, -0.1) is 0 Å². The highest BCUT2D eigenvalue weighted by Crippen LogP contribution is 2.42. The van der Waals surface area contributed by atoms with Crippen LogP contribution < -0.4 is 16.3 Å². The summed E-state index contributed by atoms with van der Waals surface area (Å²) in [6.45, 7) is 6.73. The number of aromatic amines is 1. The zero-order chi connectivity index (χ0) is 35.0. The Kier molecular flexibility index (Phi) is 11.8. The fraction of sp³-hybridized carbons (Fsp3) is 0.462. The van der Waals surface area contributed by atoms with Crippen LogP contribution in [-0.4, -0.2) is 63.7 Å². The summed E-state index contributed by atoms with van der Waals surface area (Å²) in [6.07, 6.45) is 3.70. The molecular formula is C39H49N5O6. The molecule has 4 atom stereocenters. The molecule has 0 aliphatic carbocycles. The Hall–Kier alpha value is -4.29. The van der Waals surface area contributed by atoms with Gasteiger partial charge < -0.3 is 35.1 Å². The molecule has 11 nitrogen and oxygen atoms in total. The normalized spacial score (nSPS) is 21.7. The number of aromatic nitrogens is 2. The molecule has 2 aliphatic heterocycles. The maximum Gasteiger partial charge on any atom is 0.326 e. The average Bonchev–Trinajstić information content (AvgIpc) is 3.46. The summed E-state index contributed by atoms with van der Waals surface area (Å²) in [7, 11) is 0. The van der Waals surface area contributed by atoms with E-state index in [0.717, 1.165) is 79.5 Å². The number of rotatable bonds is 13. The van der Waals surface area contributed by atoms with E-state index in [4.69, 9.17) is 9.47 Å². The standard InChI is InChI=1S/C39H49N5O6/c1-26-35(24-43-22-19-32(20-23-43)44-34-9-6-5-8-33(34)42-39(44)48)49-38(50-37(26)29-13-11-28(25-45)12-14-29)30-15-17-31(18-16-30)41-36(47)10-4-3-7-21-40-27(2)46/h5-6,8-9,11-18,26,32,35,37-38,45H,3-4,7,10,19-25H2,1-2H3,(H,40,46)(H,41,47)(H,42,48)/t26-,35+,37+,38+/m0/s1. The first-order chi connectivity index (χ1) is 24.3. The summed E-state index contributed by atoms with van der Waals surface area (Å²) in [5.74, 6) is -0.0247. The number of piperidine rings is 1. The number of amides is 2. The van der Waals surface area contributed by atoms with Gasteiger partial charge >= 0.3 is 5.69 Å². The Morgan fingerprint density at radius 3 is 2.36 bits per heavy atom. The van der Waals surface area contributed by atoms with Crippen LogP contribution in [0.1, 0.15) is 87.5 Å². The highest BCUT2D eigenvalue weighted by molar-refractivity contribution is 5.90. The van der Waals surface area contributed by atoms with Gasteiger partial charge in [-0.3, -0.25) is 14.2 Å². The van der Waals surface area contributed by atoms with E-state index < -0.39 is 6.29 Å². The SMILES string of the molecule is CC(=O)NCCCCCC(=O)Nc1ccc([C@@H]2O[C@H](CN3CCC(n4c(=O)[nH]c5ccccc54)CC3)[C@H](C)[C@H](c3ccc(CO)cc3)O2)cc1. The van der Waals surface area contributed by atoms with E-state index in [0.29, 0.717) is 18.7 Å². The lowest BCUT2D eigenvalue weighted by Gasteiger charge is -2.44. The third kappa shape index (κ3) is 8.70. The van der Waals surface area contributed by atoms with Crippen LogP contribution in [0.15, 0.2) is 77.6 Å². The van der Waals surface area contributed by atoms with E-state index >= 15 is 0 Å². The highest BCUT2D eigenvalue weighted by atomic mass is 16.7. The minimum atomic E-state index is -0.602. The van der Waals surface area contributed by atoms with Crippen LogP contribution in [0.4, 0.5) is 5.69 Å². The number of carbonyl (C=O) groups is 2. The number of nitrogens with one attached hydrogen (secondary N) is 3. The van der Waals surface area contributed by atoms with Crippen molar-refractivity contribution >= 4 is 28.5 Å². The predicted octanol–water partition coefficient (Wildman–Crippen LogP) is 5.59. The molecule has 11 heteroatoms. The van der Waals surface area contributed by atoms with Gasteiger partial charge in [-0.25, -0.2) is 4.79 Å². The molecule has 50 heavy (non-hydrogen) atoms. The number of nitrogens with zero attached hydrogens (tertiary/aromatic N) is 2. The number of aliphatic hydroxyl groups is 1. The topological polar surface area (TPSA) is 138 Å². The van der Waals surface area contributed by atoms with Crippen LogP contribution in [0, 0.1) is 5.92 Å². The summed E-state index contributed by atoms with van der Waals surface area (Å²) in [4.78, 5) is 41.8. The highest BCUT2D eigenvalue weighted by Gasteiger charge is 2.39. The lowest BCUT2D eigenvalue weighted by atomic mass is 9.89. The van der Waals surface area contributed by atoms with Gasteiger partial charge in [0.15, 0.2) is 6.29 Å². The van der Waals surface area contributed by atoms with Gasteiger partial charge in [-0.05, 0) is 61.1 Å². The fourth-order valence-electron chi connectivity index (χ4n) is 7.18. The van der Waals surface area contributed by atoms with Gasteiger partial charge in [-0.2, -0.15) is 0 Å². The third-order valence-electron chi connectivity index (χ3n) is 10.0. The van der Waals surface area contributed by atoms with Crippen molar-refractivity contribution in [3.63, 3.8) is 0 Å². The van der Waals surface area contributed by atoms with Crippen molar-refractivity contribution in [2.45, 2.75) is 83.5 Å². The molecule has 0 unspecified atom stereocenters. The number of benzene rings is 3. The molecule has 4 aromatic rings. The molecule has 3 aromatic carbocycles. The minimum absolute atomic E-state index is 0.0160. The van der Waals surface area contributed by atoms with Crippen molar-refractivity contribution in [2.75, 3.05) is 31.5 Å². The first-order valence-corrected chi connectivity index (χ1v) is 17.9. The second-order valence-corrected chi connectivity index (χ2v) is 13.6. The van der Waals surface area contributed by atoms with Crippen LogP contribution in [0.5, 0.6) is 0 Å². The second kappa shape index (κ2) is 16.6. The van der Waals surface area contributed by atoms with E-state index in [1.54, 1.807) is 0 Å². The number of ether oxygens (including phenoxy) is 2. The second-order valence-electron chi connectivity index (χ2n) is 13.6. The number of anilines is 1. The molecule has 4 N–H and O–H groups in total. The number of aliphatic hydroxyl groups excluding tert-OH is 1. The Labute approximate surface area is 293 Å². The van der Waals surface area contributed by atoms with Crippen LogP contribution in [0.3, 0.4) is 0 Å². The number of hydrogen-bond donors (Lipinski definition) is 4. The Bertz CT molecular complexity index is 1780. The van der Waals surface area contributed by atoms with Crippen molar-refractivity contribution in [2.24, 2.45) is 5.92 Å². The lowest BCUT2D eigenvalue weighted by molar-refractivity contribution is -0.276. The molecule has 0 saturated carbocycles. The molecule has 0 spiro atoms. The van der Waals surface area contributed by atoms with Crippen LogP contribution in [-0.2, 0) is 25.7 Å². The molecule has 266 valence electrons. The quantitative estimate of drug-likeness (QED) is 0.135. The zero-order valence-corrected chi connectivity index (χ0v) is 29.0. The van der Waals surface area contributed by atoms with Crippen molar-refractivity contribution in [1.29, 1.82) is 0 Å². The third-order valence-corrected chi connectivity index (χ3v) is 10.0. The van der Waals surface area contributed by atoms with Crippen molar-refractivity contribution in [3.05, 3.63) is 100.0 Å². The first kappa shape index (κ1) is 35.5. The van der Waals surface area contributed by atoms with Crippen LogP contribution >= 0.6 is 0 Å². The van der Waals surface area contributed by atoms with Gasteiger partial charge in [0, 0.05) is 62.7 Å². The van der Waals surface area contributed by atoms with E-state index in [2.05, 4.69) is 27.4 Å². The first-order valence-electron chi connectivity index (χ1n) is 17.9. The summed E-state index contributed by atoms with van der Waals surface area (Å²) in [6, 6.07) is 23.6. The molecule has 0 radical (unpaired) electrons. The number of unbranched alkanes of at least 4 members (excludes halogenated alkanes) is 2. The number of H-pyrrole nitrogens is 1. The monoisotopic (exact) mass is 683 g/mol. The molecule has 2 fully saturated rings. The number of likely N-dealkylation sites (tertiary alicyclic amines) is 1. The summed E-state index contributed by atoms with van der Waals surface area (Å²) < 4.78 is 15.3. The maximum atomic E-state index is 12.8. The molecule has 2 saturated heterocycles. The van der Waals surface area contributed by atoms with Gasteiger partial charge in [0.25, 0.3) is 0 Å². The molecule has 2 amide bonds. The van der Waals surface area contributed by atoms with Crippen molar-refractivity contribution < 1.29 is 24.2 Å². The number of hydrogen-bond acceptors (Lipinski definition) is 7. The number of imidazole rings is 1. The van der Waals surface area contributed by atoms with Gasteiger partial charge in [0.2, 0.25) is 11.8 Å². The zero-order valence-electron chi connectivity index (χ0n) is 29.0. The fourth-order valence-corrected chi connectivity index (χ4v) is 7.18. The van der Waals surface area contributed by atoms with E-state index in [9.17, 15) is 19.5 Å². The molecule has 1 aromatic heterocycles. The largest absolute Gasteiger partial charge is 0.392 e. The molecular weight excluding hydrogens is 634 g/mol. The molecule has 3 heterocycles. The average molecular weight is 684 g/mol. The van der Waals surface area contributed by atoms with E-state index in [1.807, 2.05) is 77.4 Å². The summed E-state index contributed by atoms with van der Waals surface area (Å²) >= 11 is 0. The molecule has 0 bridgehead atoms. The smallest absolute Gasteiger partial charge is 0.326 e. The number of carbonyl (C=O) groups excluding carboxylic acids is 2. The van der Waals surface area contributed by atoms with E-state index in [1.165, 1.54) is 6.92 Å². The van der Waals surface area contributed by atoms with Gasteiger partial charge in [0.05, 0.1) is 29.8 Å². The minimum Gasteiger partial charge on any atom is -0.392 e. The predicted molar refractivity (Wildman–Crippen MR) is 192 cm³/mol. The van der Waals surface area contributed by atoms with Crippen LogP contribution in [0.25, 0.3) is 11.0 Å². The lowest BCUT2D eigenvalue weighted by Crippen LogP contribution is -2.47. The van der Waals surface area contributed by atoms with E-state index in [-0.39, 0.29) is 48.3 Å².